The number of carbonyl (C=O) groups excluding carboxylic acids is 2. The molecule has 1 atom stereocenters. The molecule has 0 spiro atoms. The molecule has 0 bridgehead atoms. The van der Waals surface area contributed by atoms with Crippen molar-refractivity contribution in [2.45, 2.75) is 30.2 Å². The van der Waals surface area contributed by atoms with Gasteiger partial charge < -0.3 is 19.5 Å². The summed E-state index contributed by atoms with van der Waals surface area (Å²) in [6.07, 6.45) is 1.56. The average Bonchev–Trinajstić information content (AvgIpc) is 3.36. The lowest BCUT2D eigenvalue weighted by atomic mass is 10.1. The largest absolute Gasteiger partial charge is 0.493 e. The molecular weight excluding hydrogens is 496 g/mol. The van der Waals surface area contributed by atoms with Gasteiger partial charge in [-0.05, 0) is 43.5 Å². The van der Waals surface area contributed by atoms with Crippen molar-refractivity contribution in [1.82, 2.24) is 13.1 Å². The van der Waals surface area contributed by atoms with Crippen LogP contribution in [-0.4, -0.2) is 66.8 Å². The van der Waals surface area contributed by atoms with Gasteiger partial charge in [0.1, 0.15) is 22.0 Å². The number of carbonyl (C=O) groups is 2. The van der Waals surface area contributed by atoms with Crippen LogP contribution in [-0.2, 0) is 24.3 Å². The monoisotopic (exact) mass is 520 g/mol. The van der Waals surface area contributed by atoms with Crippen LogP contribution in [0.1, 0.15) is 19.3 Å². The first-order chi connectivity index (χ1) is 16.8. The van der Waals surface area contributed by atoms with Gasteiger partial charge in [-0.2, -0.15) is 13.1 Å². The first kappa shape index (κ1) is 24.8. The number of anilines is 1. The number of esters is 1. The summed E-state index contributed by atoms with van der Waals surface area (Å²) < 4.78 is 51.8. The summed E-state index contributed by atoms with van der Waals surface area (Å²) in [6.45, 7) is -0.406. The van der Waals surface area contributed by atoms with Crippen LogP contribution in [0, 0.1) is 0 Å². The Kier molecular flexibility index (Phi) is 7.48. The minimum atomic E-state index is -4.04. The molecule has 0 saturated carbocycles. The number of hydrogen-bond acceptors (Lipinski definition) is 10. The van der Waals surface area contributed by atoms with Gasteiger partial charge in [-0.3, -0.25) is 9.59 Å². The van der Waals surface area contributed by atoms with Crippen LogP contribution >= 0.6 is 11.7 Å². The van der Waals surface area contributed by atoms with Crippen LogP contribution in [0.25, 0.3) is 11.0 Å². The normalized spacial score (nSPS) is 16.6. The summed E-state index contributed by atoms with van der Waals surface area (Å²) >= 11 is 0.919. The van der Waals surface area contributed by atoms with Crippen LogP contribution in [0.5, 0.6) is 11.5 Å². The van der Waals surface area contributed by atoms with Crippen molar-refractivity contribution >= 4 is 50.3 Å². The Labute approximate surface area is 206 Å². The standard InChI is InChI=1S/C22H24N4O7S2/c1-31-17-10-9-14(12-18(17)32-2)23-20(27)13-33-22(28)16-7-3-4-11-26(16)35(29,30)19-8-5-6-15-21(19)25-34-24-15/h5-6,8-10,12,16H,3-4,7,11,13H2,1-2H3,(H,23,27). The van der Waals surface area contributed by atoms with Gasteiger partial charge in [-0.15, -0.1) is 0 Å². The van der Waals surface area contributed by atoms with E-state index in [-0.39, 0.29) is 17.0 Å². The maximum atomic E-state index is 13.5. The molecule has 3 aromatic rings. The van der Waals surface area contributed by atoms with E-state index in [9.17, 15) is 18.0 Å². The molecule has 11 nitrogen and oxygen atoms in total. The summed E-state index contributed by atoms with van der Waals surface area (Å²) in [5, 5.41) is 2.61. The number of nitrogens with one attached hydrogen (secondary N) is 1. The molecule has 0 radical (unpaired) electrons. The highest BCUT2D eigenvalue weighted by atomic mass is 32.2. The first-order valence-corrected chi connectivity index (χ1v) is 12.9. The Bertz CT molecular complexity index is 1340. The van der Waals surface area contributed by atoms with E-state index in [4.69, 9.17) is 14.2 Å². The lowest BCUT2D eigenvalue weighted by Crippen LogP contribution is -2.48. The van der Waals surface area contributed by atoms with Crippen molar-refractivity contribution in [2.24, 2.45) is 0 Å². The molecule has 1 amide bonds. The number of nitrogens with zero attached hydrogens (tertiary/aromatic N) is 3. The number of ether oxygens (including phenoxy) is 3. The number of fused-ring (bicyclic) bond motifs is 1. The highest BCUT2D eigenvalue weighted by Crippen LogP contribution is 2.31. The third-order valence-corrected chi connectivity index (χ3v) is 8.06. The molecule has 1 aromatic heterocycles. The van der Waals surface area contributed by atoms with Crippen molar-refractivity contribution in [1.29, 1.82) is 0 Å². The van der Waals surface area contributed by atoms with E-state index in [0.29, 0.717) is 42.0 Å². The molecule has 1 N–H and O–H groups in total. The number of rotatable bonds is 8. The smallest absolute Gasteiger partial charge is 0.324 e. The predicted octanol–water partition coefficient (Wildman–Crippen LogP) is 2.43. The molecule has 4 rings (SSSR count). The van der Waals surface area contributed by atoms with Gasteiger partial charge in [0.05, 0.1) is 25.9 Å². The van der Waals surface area contributed by atoms with Gasteiger partial charge in [0.2, 0.25) is 10.0 Å². The number of hydrogen-bond donors (Lipinski definition) is 1. The van der Waals surface area contributed by atoms with E-state index in [1.807, 2.05) is 0 Å². The van der Waals surface area contributed by atoms with Crippen molar-refractivity contribution in [3.63, 3.8) is 0 Å². The predicted molar refractivity (Wildman–Crippen MR) is 128 cm³/mol. The fourth-order valence-corrected chi connectivity index (χ4v) is 6.29. The van der Waals surface area contributed by atoms with Crippen LogP contribution in [0.3, 0.4) is 0 Å². The van der Waals surface area contributed by atoms with Crippen LogP contribution in [0.15, 0.2) is 41.3 Å². The van der Waals surface area contributed by atoms with Crippen molar-refractivity contribution < 1.29 is 32.2 Å². The maximum Gasteiger partial charge on any atom is 0.324 e. The fourth-order valence-electron chi connectivity index (χ4n) is 3.89. The van der Waals surface area contributed by atoms with Gasteiger partial charge in [-0.1, -0.05) is 6.07 Å². The maximum absolute atomic E-state index is 13.5. The van der Waals surface area contributed by atoms with Crippen LogP contribution < -0.4 is 14.8 Å². The van der Waals surface area contributed by atoms with Gasteiger partial charge in [0.15, 0.2) is 18.1 Å². The highest BCUT2D eigenvalue weighted by molar-refractivity contribution is 7.89. The SMILES string of the molecule is COc1ccc(NC(=O)COC(=O)C2CCCCN2S(=O)(=O)c2cccc3nsnc23)cc1OC. The number of benzene rings is 2. The minimum absolute atomic E-state index is 0.00496. The molecule has 2 aromatic carbocycles. The lowest BCUT2D eigenvalue weighted by Gasteiger charge is -2.32. The molecular formula is C22H24N4O7S2. The van der Waals surface area contributed by atoms with E-state index in [1.165, 1.54) is 20.3 Å². The molecule has 186 valence electrons. The molecule has 2 heterocycles. The number of piperidine rings is 1. The van der Waals surface area contributed by atoms with E-state index in [2.05, 4.69) is 14.1 Å². The zero-order valence-corrected chi connectivity index (χ0v) is 20.7. The van der Waals surface area contributed by atoms with E-state index >= 15 is 0 Å². The number of aromatic nitrogens is 2. The molecule has 1 aliphatic rings. The van der Waals surface area contributed by atoms with E-state index in [0.717, 1.165) is 16.0 Å². The minimum Gasteiger partial charge on any atom is -0.493 e. The zero-order valence-electron chi connectivity index (χ0n) is 19.1. The second-order valence-corrected chi connectivity index (χ2v) is 10.1. The first-order valence-electron chi connectivity index (χ1n) is 10.8. The highest BCUT2D eigenvalue weighted by Gasteiger charge is 2.39. The fraction of sp³-hybridized carbons (Fsp3) is 0.364. The van der Waals surface area contributed by atoms with Crippen molar-refractivity contribution in [3.05, 3.63) is 36.4 Å². The topological polar surface area (TPSA) is 137 Å². The van der Waals surface area contributed by atoms with E-state index < -0.39 is 34.5 Å². The van der Waals surface area contributed by atoms with Gasteiger partial charge in [-0.25, -0.2) is 8.42 Å². The Morgan fingerprint density at radius 2 is 1.91 bits per heavy atom. The molecule has 1 fully saturated rings. The number of amides is 1. The third kappa shape index (κ3) is 5.21. The molecule has 1 saturated heterocycles. The lowest BCUT2D eigenvalue weighted by molar-refractivity contribution is -0.152. The van der Waals surface area contributed by atoms with Gasteiger partial charge in [0.25, 0.3) is 5.91 Å². The Morgan fingerprint density at radius 3 is 2.69 bits per heavy atom. The van der Waals surface area contributed by atoms with Gasteiger partial charge in [0, 0.05) is 18.3 Å². The third-order valence-electron chi connectivity index (χ3n) is 5.57. The Hall–Kier alpha value is -3.29. The quantitative estimate of drug-likeness (QED) is 0.444. The molecule has 1 aliphatic heterocycles. The van der Waals surface area contributed by atoms with Crippen LogP contribution in [0.2, 0.25) is 0 Å². The summed E-state index contributed by atoms with van der Waals surface area (Å²) in [5.74, 6) is -0.427. The summed E-state index contributed by atoms with van der Waals surface area (Å²) in [7, 11) is -1.07. The Balaban J connectivity index is 1.44. The molecule has 0 aliphatic carbocycles. The summed E-state index contributed by atoms with van der Waals surface area (Å²) in [6, 6.07) is 8.50. The van der Waals surface area contributed by atoms with Gasteiger partial charge >= 0.3 is 5.97 Å². The van der Waals surface area contributed by atoms with Crippen molar-refractivity contribution in [3.8, 4) is 11.5 Å². The Morgan fingerprint density at radius 1 is 1.11 bits per heavy atom. The summed E-state index contributed by atoms with van der Waals surface area (Å²) in [4.78, 5) is 25.2. The second-order valence-electron chi connectivity index (χ2n) is 7.74. The zero-order chi connectivity index (χ0) is 25.0. The average molecular weight is 521 g/mol. The molecule has 13 heteroatoms. The number of methoxy groups -OCH3 is 2. The van der Waals surface area contributed by atoms with Crippen molar-refractivity contribution in [2.75, 3.05) is 32.7 Å². The van der Waals surface area contributed by atoms with Crippen LogP contribution in [0.4, 0.5) is 5.69 Å². The van der Waals surface area contributed by atoms with E-state index in [1.54, 1.807) is 30.3 Å². The molecule has 1 unspecified atom stereocenters. The second kappa shape index (κ2) is 10.5. The summed E-state index contributed by atoms with van der Waals surface area (Å²) in [5.41, 5.74) is 1.17. The molecule has 35 heavy (non-hydrogen) atoms. The number of sulfonamides is 1.